The molecule has 0 saturated carbocycles. The first-order chi connectivity index (χ1) is 8.17. The predicted molar refractivity (Wildman–Crippen MR) is 64.6 cm³/mol. The SMILES string of the molecule is NCC1(F)CCNCC1C(=O)c1ccccc1. The van der Waals surface area contributed by atoms with Gasteiger partial charge in [-0.1, -0.05) is 30.3 Å². The van der Waals surface area contributed by atoms with Crippen LogP contribution in [-0.4, -0.2) is 31.1 Å². The lowest BCUT2D eigenvalue weighted by atomic mass is 9.79. The van der Waals surface area contributed by atoms with Crippen LogP contribution in [0, 0.1) is 5.92 Å². The monoisotopic (exact) mass is 236 g/mol. The summed E-state index contributed by atoms with van der Waals surface area (Å²) in [4.78, 5) is 12.2. The van der Waals surface area contributed by atoms with Crippen LogP contribution in [0.2, 0.25) is 0 Å². The Morgan fingerprint density at radius 2 is 2.18 bits per heavy atom. The molecule has 0 aliphatic carbocycles. The van der Waals surface area contributed by atoms with Crippen LogP contribution in [0.4, 0.5) is 4.39 Å². The maximum Gasteiger partial charge on any atom is 0.170 e. The Morgan fingerprint density at radius 1 is 1.47 bits per heavy atom. The summed E-state index contributed by atoms with van der Waals surface area (Å²) in [6.45, 7) is 0.839. The summed E-state index contributed by atoms with van der Waals surface area (Å²) in [6, 6.07) is 8.83. The van der Waals surface area contributed by atoms with Gasteiger partial charge in [-0.05, 0) is 13.0 Å². The molecule has 2 atom stereocenters. The van der Waals surface area contributed by atoms with Crippen LogP contribution in [-0.2, 0) is 0 Å². The molecule has 1 aromatic rings. The normalized spacial score (nSPS) is 28.9. The van der Waals surface area contributed by atoms with E-state index >= 15 is 0 Å². The molecular formula is C13H17FN2O. The van der Waals surface area contributed by atoms with Gasteiger partial charge in [0.1, 0.15) is 5.67 Å². The van der Waals surface area contributed by atoms with E-state index < -0.39 is 11.6 Å². The zero-order chi connectivity index (χ0) is 12.3. The minimum atomic E-state index is -1.57. The number of rotatable bonds is 3. The number of halogens is 1. The van der Waals surface area contributed by atoms with Crippen LogP contribution in [0.5, 0.6) is 0 Å². The van der Waals surface area contributed by atoms with Crippen molar-refractivity contribution in [3.8, 4) is 0 Å². The van der Waals surface area contributed by atoms with E-state index in [0.29, 0.717) is 25.1 Å². The second kappa shape index (κ2) is 4.94. The van der Waals surface area contributed by atoms with E-state index in [0.717, 1.165) is 0 Å². The van der Waals surface area contributed by atoms with Crippen molar-refractivity contribution in [3.05, 3.63) is 35.9 Å². The number of nitrogens with one attached hydrogen (secondary N) is 1. The van der Waals surface area contributed by atoms with Gasteiger partial charge < -0.3 is 11.1 Å². The Bertz CT molecular complexity index is 396. The van der Waals surface area contributed by atoms with E-state index in [1.807, 2.05) is 6.07 Å². The molecule has 17 heavy (non-hydrogen) atoms. The molecular weight excluding hydrogens is 219 g/mol. The summed E-state index contributed by atoms with van der Waals surface area (Å²) < 4.78 is 14.5. The molecule has 1 aromatic carbocycles. The summed E-state index contributed by atoms with van der Waals surface area (Å²) in [5, 5.41) is 3.06. The molecule has 1 aliphatic rings. The second-order valence-corrected chi connectivity index (χ2v) is 4.48. The molecule has 3 nitrogen and oxygen atoms in total. The fraction of sp³-hybridized carbons (Fsp3) is 0.462. The topological polar surface area (TPSA) is 55.1 Å². The van der Waals surface area contributed by atoms with E-state index in [-0.39, 0.29) is 12.3 Å². The number of piperidine rings is 1. The molecule has 0 amide bonds. The Kier molecular flexibility index (Phi) is 3.54. The maximum absolute atomic E-state index is 14.5. The Labute approximate surface area is 100 Å². The van der Waals surface area contributed by atoms with Crippen molar-refractivity contribution in [1.29, 1.82) is 0 Å². The first kappa shape index (κ1) is 12.2. The van der Waals surface area contributed by atoms with Gasteiger partial charge in [0.05, 0.1) is 5.92 Å². The lowest BCUT2D eigenvalue weighted by molar-refractivity contribution is 0.0448. The average molecular weight is 236 g/mol. The van der Waals surface area contributed by atoms with Gasteiger partial charge in [-0.3, -0.25) is 4.79 Å². The van der Waals surface area contributed by atoms with Crippen molar-refractivity contribution in [2.75, 3.05) is 19.6 Å². The molecule has 2 unspecified atom stereocenters. The fourth-order valence-electron chi connectivity index (χ4n) is 2.28. The minimum Gasteiger partial charge on any atom is -0.328 e. The van der Waals surface area contributed by atoms with Gasteiger partial charge in [0.15, 0.2) is 5.78 Å². The van der Waals surface area contributed by atoms with Gasteiger partial charge in [-0.2, -0.15) is 0 Å². The van der Waals surface area contributed by atoms with Gasteiger partial charge in [0.25, 0.3) is 0 Å². The summed E-state index contributed by atoms with van der Waals surface area (Å²) >= 11 is 0. The highest BCUT2D eigenvalue weighted by atomic mass is 19.1. The number of alkyl halides is 1. The third-order valence-electron chi connectivity index (χ3n) is 3.40. The Balaban J connectivity index is 2.23. The number of carbonyl (C=O) groups excluding carboxylic acids is 1. The molecule has 1 aliphatic heterocycles. The van der Waals surface area contributed by atoms with Gasteiger partial charge in [-0.15, -0.1) is 0 Å². The quantitative estimate of drug-likeness (QED) is 0.774. The number of nitrogens with two attached hydrogens (primary N) is 1. The summed E-state index contributed by atoms with van der Waals surface area (Å²) in [7, 11) is 0. The van der Waals surface area contributed by atoms with Crippen molar-refractivity contribution >= 4 is 5.78 Å². The lowest BCUT2D eigenvalue weighted by Gasteiger charge is -2.36. The third-order valence-corrected chi connectivity index (χ3v) is 3.40. The van der Waals surface area contributed by atoms with E-state index in [1.165, 1.54) is 0 Å². The molecule has 1 saturated heterocycles. The molecule has 92 valence electrons. The smallest absolute Gasteiger partial charge is 0.170 e. The van der Waals surface area contributed by atoms with Crippen molar-refractivity contribution < 1.29 is 9.18 Å². The van der Waals surface area contributed by atoms with Gasteiger partial charge >= 0.3 is 0 Å². The fourth-order valence-corrected chi connectivity index (χ4v) is 2.28. The van der Waals surface area contributed by atoms with E-state index in [1.54, 1.807) is 24.3 Å². The molecule has 4 heteroatoms. The molecule has 2 rings (SSSR count). The molecule has 0 bridgehead atoms. The van der Waals surface area contributed by atoms with Crippen LogP contribution < -0.4 is 11.1 Å². The Morgan fingerprint density at radius 3 is 2.82 bits per heavy atom. The third kappa shape index (κ3) is 2.37. The first-order valence-electron chi connectivity index (χ1n) is 5.86. The number of carbonyl (C=O) groups is 1. The molecule has 0 aromatic heterocycles. The van der Waals surface area contributed by atoms with E-state index in [9.17, 15) is 9.18 Å². The molecule has 1 heterocycles. The summed E-state index contributed by atoms with van der Waals surface area (Å²) in [5.74, 6) is -0.839. The van der Waals surface area contributed by atoms with Gasteiger partial charge in [0, 0.05) is 18.7 Å². The average Bonchev–Trinajstić information content (AvgIpc) is 2.39. The van der Waals surface area contributed by atoms with Crippen LogP contribution in [0.3, 0.4) is 0 Å². The predicted octanol–water partition coefficient (Wildman–Crippen LogP) is 1.15. The lowest BCUT2D eigenvalue weighted by Crippen LogP contribution is -2.54. The highest BCUT2D eigenvalue weighted by Gasteiger charge is 2.44. The van der Waals surface area contributed by atoms with Crippen LogP contribution >= 0.6 is 0 Å². The molecule has 0 radical (unpaired) electrons. The zero-order valence-corrected chi connectivity index (χ0v) is 9.66. The van der Waals surface area contributed by atoms with Gasteiger partial charge in [-0.25, -0.2) is 4.39 Å². The van der Waals surface area contributed by atoms with E-state index in [2.05, 4.69) is 5.32 Å². The number of Topliss-reactive ketones (excluding diaryl/α,β-unsaturated/α-hetero) is 1. The van der Waals surface area contributed by atoms with Crippen LogP contribution in [0.15, 0.2) is 30.3 Å². The summed E-state index contributed by atoms with van der Waals surface area (Å²) in [5.41, 5.74) is 4.47. The van der Waals surface area contributed by atoms with Crippen molar-refractivity contribution in [3.63, 3.8) is 0 Å². The van der Waals surface area contributed by atoms with Crippen LogP contribution in [0.25, 0.3) is 0 Å². The summed E-state index contributed by atoms with van der Waals surface area (Å²) in [6.07, 6.45) is 0.298. The van der Waals surface area contributed by atoms with Crippen molar-refractivity contribution in [2.24, 2.45) is 11.7 Å². The zero-order valence-electron chi connectivity index (χ0n) is 9.66. The standard InChI is InChI=1S/C13H17FN2O/c14-13(9-15)6-7-16-8-11(13)12(17)10-4-2-1-3-5-10/h1-5,11,16H,6-9,15H2. The van der Waals surface area contributed by atoms with Crippen LogP contribution in [0.1, 0.15) is 16.8 Å². The number of ketones is 1. The molecule has 3 N–H and O–H groups in total. The molecule has 1 fully saturated rings. The van der Waals surface area contributed by atoms with Gasteiger partial charge in [0.2, 0.25) is 0 Å². The largest absolute Gasteiger partial charge is 0.328 e. The highest BCUT2D eigenvalue weighted by molar-refractivity contribution is 5.98. The maximum atomic E-state index is 14.5. The highest BCUT2D eigenvalue weighted by Crippen LogP contribution is 2.30. The van der Waals surface area contributed by atoms with E-state index in [4.69, 9.17) is 5.73 Å². The first-order valence-corrected chi connectivity index (χ1v) is 5.86. The second-order valence-electron chi connectivity index (χ2n) is 4.48. The number of benzene rings is 1. The van der Waals surface area contributed by atoms with Crippen molar-refractivity contribution in [1.82, 2.24) is 5.32 Å². The minimum absolute atomic E-state index is 0.0993. The number of hydrogen-bond donors (Lipinski definition) is 2. The van der Waals surface area contributed by atoms with Crippen molar-refractivity contribution in [2.45, 2.75) is 12.1 Å². The molecule has 0 spiro atoms. The Hall–Kier alpha value is -1.26. The number of hydrogen-bond acceptors (Lipinski definition) is 3.